The number of nitro groups is 1. The number of amides is 1. The van der Waals surface area contributed by atoms with E-state index >= 15 is 0 Å². The number of anilines is 1. The Morgan fingerprint density at radius 2 is 2.29 bits per heavy atom. The highest BCUT2D eigenvalue weighted by Crippen LogP contribution is 2.27. The lowest BCUT2D eigenvalue weighted by atomic mass is 10.3. The summed E-state index contributed by atoms with van der Waals surface area (Å²) in [6, 6.07) is 4.19. The molecule has 1 rings (SSSR count). The maximum absolute atomic E-state index is 11.2. The van der Waals surface area contributed by atoms with Gasteiger partial charge in [0.25, 0.3) is 5.69 Å². The Hall–Kier alpha value is -1.67. The number of carbonyl (C=O) groups is 1. The van der Waals surface area contributed by atoms with Gasteiger partial charge in [-0.15, -0.1) is 0 Å². The zero-order chi connectivity index (χ0) is 12.8. The van der Waals surface area contributed by atoms with Crippen LogP contribution in [0, 0.1) is 10.1 Å². The number of aliphatic hydroxyl groups is 1. The molecule has 2 N–H and O–H groups in total. The van der Waals surface area contributed by atoms with Crippen molar-refractivity contribution >= 4 is 33.4 Å². The standard InChI is InChI=1S/C9H9BrN2O5/c10-6-1-2-7(8(5-6)12(15)16)11-9(14)17-4-3-13/h1-2,5,13H,3-4H2,(H,11,14). The summed E-state index contributed by atoms with van der Waals surface area (Å²) in [5.41, 5.74) is -0.221. The molecule has 7 nitrogen and oxygen atoms in total. The summed E-state index contributed by atoms with van der Waals surface area (Å²) < 4.78 is 5.05. The van der Waals surface area contributed by atoms with E-state index in [0.29, 0.717) is 4.47 Å². The lowest BCUT2D eigenvalue weighted by Crippen LogP contribution is -2.16. The van der Waals surface area contributed by atoms with Gasteiger partial charge in [0.05, 0.1) is 11.5 Å². The number of nitrogens with zero attached hydrogens (tertiary/aromatic N) is 1. The monoisotopic (exact) mass is 304 g/mol. The highest BCUT2D eigenvalue weighted by Gasteiger charge is 2.16. The van der Waals surface area contributed by atoms with Crippen molar-refractivity contribution in [1.29, 1.82) is 0 Å². The molecule has 0 aliphatic heterocycles. The first-order valence-corrected chi connectivity index (χ1v) is 5.32. The molecule has 0 atom stereocenters. The maximum Gasteiger partial charge on any atom is 0.411 e. The smallest absolute Gasteiger partial charge is 0.411 e. The van der Waals surface area contributed by atoms with Crippen molar-refractivity contribution in [3.63, 3.8) is 0 Å². The second-order valence-corrected chi connectivity index (χ2v) is 3.82. The molecule has 0 saturated heterocycles. The van der Waals surface area contributed by atoms with E-state index in [0.717, 1.165) is 0 Å². The van der Waals surface area contributed by atoms with Crippen LogP contribution in [0.3, 0.4) is 0 Å². The van der Waals surface area contributed by atoms with E-state index in [-0.39, 0.29) is 24.6 Å². The number of nitrogens with one attached hydrogen (secondary N) is 1. The normalized spacial score (nSPS) is 9.76. The molecule has 0 saturated carbocycles. The molecule has 0 aliphatic rings. The lowest BCUT2D eigenvalue weighted by molar-refractivity contribution is -0.384. The number of benzene rings is 1. The predicted molar refractivity (Wildman–Crippen MR) is 62.9 cm³/mol. The third kappa shape index (κ3) is 4.00. The Morgan fingerprint density at radius 1 is 1.59 bits per heavy atom. The van der Waals surface area contributed by atoms with E-state index in [1.807, 2.05) is 0 Å². The Balaban J connectivity index is 2.83. The van der Waals surface area contributed by atoms with Crippen molar-refractivity contribution in [2.75, 3.05) is 18.5 Å². The van der Waals surface area contributed by atoms with Gasteiger partial charge in [-0.3, -0.25) is 15.4 Å². The van der Waals surface area contributed by atoms with Crippen LogP contribution in [0.4, 0.5) is 16.2 Å². The quantitative estimate of drug-likeness (QED) is 0.653. The summed E-state index contributed by atoms with van der Waals surface area (Å²) in [6.45, 7) is -0.480. The second kappa shape index (κ2) is 6.16. The van der Waals surface area contributed by atoms with Crippen LogP contribution in [0.1, 0.15) is 0 Å². The van der Waals surface area contributed by atoms with Gasteiger partial charge in [-0.25, -0.2) is 4.79 Å². The fraction of sp³-hybridized carbons (Fsp3) is 0.222. The topological polar surface area (TPSA) is 102 Å². The van der Waals surface area contributed by atoms with Gasteiger partial charge in [0.1, 0.15) is 12.3 Å². The molecule has 0 aliphatic carbocycles. The number of nitro benzene ring substituents is 1. The van der Waals surface area contributed by atoms with Gasteiger partial charge in [-0.2, -0.15) is 0 Å². The van der Waals surface area contributed by atoms with Crippen molar-refractivity contribution < 1.29 is 19.6 Å². The van der Waals surface area contributed by atoms with Crippen LogP contribution >= 0.6 is 15.9 Å². The van der Waals surface area contributed by atoms with E-state index < -0.39 is 11.0 Å². The van der Waals surface area contributed by atoms with Crippen molar-refractivity contribution in [1.82, 2.24) is 0 Å². The van der Waals surface area contributed by atoms with Crippen molar-refractivity contribution in [2.24, 2.45) is 0 Å². The molecule has 8 heteroatoms. The van der Waals surface area contributed by atoms with Gasteiger partial charge < -0.3 is 9.84 Å². The van der Waals surface area contributed by atoms with Gasteiger partial charge in [0, 0.05) is 10.5 Å². The summed E-state index contributed by atoms with van der Waals surface area (Å²) in [5.74, 6) is 0. The van der Waals surface area contributed by atoms with E-state index in [1.54, 1.807) is 6.07 Å². The molecule has 1 aromatic rings. The fourth-order valence-electron chi connectivity index (χ4n) is 1.05. The summed E-state index contributed by atoms with van der Waals surface area (Å²) >= 11 is 3.09. The highest BCUT2D eigenvalue weighted by molar-refractivity contribution is 9.10. The minimum Gasteiger partial charge on any atom is -0.447 e. The van der Waals surface area contributed by atoms with E-state index in [1.165, 1.54) is 12.1 Å². The van der Waals surface area contributed by atoms with E-state index in [2.05, 4.69) is 26.0 Å². The Bertz CT molecular complexity index is 437. The van der Waals surface area contributed by atoms with Gasteiger partial charge >= 0.3 is 6.09 Å². The van der Waals surface area contributed by atoms with Crippen LogP contribution in [-0.4, -0.2) is 29.3 Å². The first kappa shape index (κ1) is 13.4. The molecular weight excluding hydrogens is 296 g/mol. The Morgan fingerprint density at radius 3 is 2.88 bits per heavy atom. The number of ether oxygens (including phenoxy) is 1. The van der Waals surface area contributed by atoms with Crippen LogP contribution < -0.4 is 5.32 Å². The molecule has 0 fully saturated rings. The van der Waals surface area contributed by atoms with Crippen LogP contribution in [0.5, 0.6) is 0 Å². The summed E-state index contributed by atoms with van der Waals surface area (Å²) in [7, 11) is 0. The Labute approximate surface area is 105 Å². The first-order valence-electron chi connectivity index (χ1n) is 4.53. The fourth-order valence-corrected chi connectivity index (χ4v) is 1.39. The molecular formula is C9H9BrN2O5. The van der Waals surface area contributed by atoms with Crippen molar-refractivity contribution in [2.45, 2.75) is 0 Å². The predicted octanol–water partition coefficient (Wildman–Crippen LogP) is 1.90. The number of hydrogen-bond acceptors (Lipinski definition) is 5. The minimum atomic E-state index is -0.857. The van der Waals surface area contributed by atoms with Crippen molar-refractivity contribution in [3.05, 3.63) is 32.8 Å². The largest absolute Gasteiger partial charge is 0.447 e. The summed E-state index contributed by atoms with van der Waals surface area (Å²) in [5, 5.41) is 21.4. The highest BCUT2D eigenvalue weighted by atomic mass is 79.9. The second-order valence-electron chi connectivity index (χ2n) is 2.90. The number of hydrogen-bond donors (Lipinski definition) is 2. The zero-order valence-electron chi connectivity index (χ0n) is 8.55. The molecule has 0 aromatic heterocycles. The molecule has 0 heterocycles. The Kier molecular flexibility index (Phi) is 4.85. The van der Waals surface area contributed by atoms with Crippen LogP contribution in [0.25, 0.3) is 0 Å². The molecule has 0 unspecified atom stereocenters. The number of carbonyl (C=O) groups excluding carboxylic acids is 1. The third-order valence-electron chi connectivity index (χ3n) is 1.72. The molecule has 0 radical (unpaired) electrons. The average molecular weight is 305 g/mol. The van der Waals surface area contributed by atoms with Crippen LogP contribution in [0.15, 0.2) is 22.7 Å². The van der Waals surface area contributed by atoms with E-state index in [9.17, 15) is 14.9 Å². The SMILES string of the molecule is O=C(Nc1ccc(Br)cc1[N+](=O)[O-])OCCO. The van der Waals surface area contributed by atoms with Gasteiger partial charge in [0.15, 0.2) is 0 Å². The van der Waals surface area contributed by atoms with Gasteiger partial charge in [-0.05, 0) is 12.1 Å². The first-order chi connectivity index (χ1) is 8.04. The van der Waals surface area contributed by atoms with Crippen LogP contribution in [-0.2, 0) is 4.74 Å². The van der Waals surface area contributed by atoms with E-state index in [4.69, 9.17) is 5.11 Å². The number of rotatable bonds is 4. The number of aliphatic hydroxyl groups excluding tert-OH is 1. The third-order valence-corrected chi connectivity index (χ3v) is 2.21. The average Bonchev–Trinajstić information content (AvgIpc) is 2.28. The minimum absolute atomic E-state index is 0.0288. The molecule has 0 spiro atoms. The molecule has 0 bridgehead atoms. The molecule has 1 aromatic carbocycles. The molecule has 1 amide bonds. The zero-order valence-corrected chi connectivity index (χ0v) is 10.1. The summed E-state index contributed by atoms with van der Waals surface area (Å²) in [6.07, 6.45) is -0.857. The summed E-state index contributed by atoms with van der Waals surface area (Å²) in [4.78, 5) is 21.3. The molecule has 92 valence electrons. The van der Waals surface area contributed by atoms with Gasteiger partial charge in [-0.1, -0.05) is 15.9 Å². The lowest BCUT2D eigenvalue weighted by Gasteiger charge is -2.06. The van der Waals surface area contributed by atoms with Crippen molar-refractivity contribution in [3.8, 4) is 0 Å². The van der Waals surface area contributed by atoms with Gasteiger partial charge in [0.2, 0.25) is 0 Å². The van der Waals surface area contributed by atoms with Crippen LogP contribution in [0.2, 0.25) is 0 Å². The maximum atomic E-state index is 11.2. The number of halogens is 1. The molecule has 17 heavy (non-hydrogen) atoms.